The van der Waals surface area contributed by atoms with Gasteiger partial charge in [-0.2, -0.15) is 0 Å². The van der Waals surface area contributed by atoms with E-state index in [1.54, 1.807) is 7.11 Å². The number of rotatable bonds is 7. The highest BCUT2D eigenvalue weighted by Crippen LogP contribution is 2.30. The SMILES string of the molecule is CCNC(=NCC(C)(C)OC)NCC1(N2CCCCC2)CCN(C)CC1.I. The molecule has 2 saturated heterocycles. The largest absolute Gasteiger partial charge is 0.377 e. The third kappa shape index (κ3) is 7.66. The van der Waals surface area contributed by atoms with E-state index in [4.69, 9.17) is 9.73 Å². The van der Waals surface area contributed by atoms with Crippen LogP contribution in [0.2, 0.25) is 0 Å². The van der Waals surface area contributed by atoms with Crippen LogP contribution in [0.1, 0.15) is 52.9 Å². The van der Waals surface area contributed by atoms with Gasteiger partial charge < -0.3 is 20.3 Å². The number of nitrogens with zero attached hydrogens (tertiary/aromatic N) is 3. The third-order valence-electron chi connectivity index (χ3n) is 6.04. The van der Waals surface area contributed by atoms with E-state index in [1.807, 2.05) is 0 Å². The molecule has 160 valence electrons. The number of guanidine groups is 1. The quantitative estimate of drug-likeness (QED) is 0.323. The molecule has 0 bridgehead atoms. The van der Waals surface area contributed by atoms with Crippen molar-refractivity contribution in [2.24, 2.45) is 4.99 Å². The lowest BCUT2D eigenvalue weighted by molar-refractivity contribution is 0.0171. The van der Waals surface area contributed by atoms with Gasteiger partial charge in [-0.05, 0) is 79.7 Å². The molecular formula is C20H42IN5O. The first kappa shape index (κ1) is 24.9. The van der Waals surface area contributed by atoms with Crippen molar-refractivity contribution in [3.63, 3.8) is 0 Å². The summed E-state index contributed by atoms with van der Waals surface area (Å²) in [6.45, 7) is 13.6. The predicted octanol–water partition coefficient (Wildman–Crippen LogP) is 2.53. The molecule has 0 aromatic carbocycles. The van der Waals surface area contributed by atoms with E-state index < -0.39 is 0 Å². The molecule has 6 nitrogen and oxygen atoms in total. The molecule has 2 aliphatic heterocycles. The van der Waals surface area contributed by atoms with Crippen LogP contribution in [-0.4, -0.2) is 86.9 Å². The van der Waals surface area contributed by atoms with E-state index in [2.05, 4.69) is 48.3 Å². The molecule has 0 aromatic rings. The zero-order valence-corrected chi connectivity index (χ0v) is 20.5. The van der Waals surface area contributed by atoms with Gasteiger partial charge in [0.1, 0.15) is 0 Å². The summed E-state index contributed by atoms with van der Waals surface area (Å²) in [7, 11) is 3.99. The zero-order valence-electron chi connectivity index (χ0n) is 18.1. The van der Waals surface area contributed by atoms with Gasteiger partial charge in [0.15, 0.2) is 5.96 Å². The number of aliphatic imine (C=N–C) groups is 1. The van der Waals surface area contributed by atoms with Crippen LogP contribution in [0.25, 0.3) is 0 Å². The zero-order chi connectivity index (χ0) is 19.0. The highest BCUT2D eigenvalue weighted by Gasteiger charge is 2.39. The fraction of sp³-hybridized carbons (Fsp3) is 0.950. The maximum Gasteiger partial charge on any atom is 0.191 e. The minimum absolute atomic E-state index is 0. The number of hydrogen-bond acceptors (Lipinski definition) is 4. The average Bonchev–Trinajstić information content (AvgIpc) is 2.66. The molecule has 2 fully saturated rings. The van der Waals surface area contributed by atoms with E-state index in [1.165, 1.54) is 58.3 Å². The predicted molar refractivity (Wildman–Crippen MR) is 125 cm³/mol. The molecule has 2 aliphatic rings. The topological polar surface area (TPSA) is 52.1 Å². The smallest absolute Gasteiger partial charge is 0.191 e. The summed E-state index contributed by atoms with van der Waals surface area (Å²) in [6.07, 6.45) is 6.54. The van der Waals surface area contributed by atoms with Crippen molar-refractivity contribution in [1.82, 2.24) is 20.4 Å². The van der Waals surface area contributed by atoms with E-state index in [9.17, 15) is 0 Å². The molecular weight excluding hydrogens is 453 g/mol. The van der Waals surface area contributed by atoms with Gasteiger partial charge in [-0.3, -0.25) is 9.89 Å². The first-order chi connectivity index (χ1) is 12.4. The number of halogens is 1. The molecule has 2 heterocycles. The van der Waals surface area contributed by atoms with Crippen molar-refractivity contribution in [1.29, 1.82) is 0 Å². The van der Waals surface area contributed by atoms with Crippen LogP contribution in [0.5, 0.6) is 0 Å². The summed E-state index contributed by atoms with van der Waals surface area (Å²) in [4.78, 5) is 10.00. The fourth-order valence-electron chi connectivity index (χ4n) is 3.93. The second kappa shape index (κ2) is 11.8. The third-order valence-corrected chi connectivity index (χ3v) is 6.04. The fourth-order valence-corrected chi connectivity index (χ4v) is 3.93. The molecule has 0 atom stereocenters. The Morgan fingerprint density at radius 1 is 1.07 bits per heavy atom. The van der Waals surface area contributed by atoms with Crippen molar-refractivity contribution in [2.45, 2.75) is 64.0 Å². The van der Waals surface area contributed by atoms with Crippen LogP contribution in [0.3, 0.4) is 0 Å². The van der Waals surface area contributed by atoms with Crippen LogP contribution < -0.4 is 10.6 Å². The summed E-state index contributed by atoms with van der Waals surface area (Å²) in [5, 5.41) is 7.07. The Morgan fingerprint density at radius 3 is 2.26 bits per heavy atom. The number of methoxy groups -OCH3 is 1. The number of hydrogen-bond donors (Lipinski definition) is 2. The van der Waals surface area contributed by atoms with Crippen molar-refractivity contribution in [3.05, 3.63) is 0 Å². The van der Waals surface area contributed by atoms with Crippen molar-refractivity contribution >= 4 is 29.9 Å². The minimum Gasteiger partial charge on any atom is -0.377 e. The van der Waals surface area contributed by atoms with Crippen molar-refractivity contribution in [2.75, 3.05) is 60.0 Å². The average molecular weight is 495 g/mol. The van der Waals surface area contributed by atoms with E-state index in [0.717, 1.165) is 19.0 Å². The number of nitrogens with one attached hydrogen (secondary N) is 2. The molecule has 0 unspecified atom stereocenters. The first-order valence-corrected chi connectivity index (χ1v) is 10.4. The Morgan fingerprint density at radius 2 is 1.70 bits per heavy atom. The Kier molecular flexibility index (Phi) is 10.9. The Bertz CT molecular complexity index is 444. The number of ether oxygens (including phenoxy) is 1. The van der Waals surface area contributed by atoms with Gasteiger partial charge in [0.2, 0.25) is 0 Å². The molecule has 0 radical (unpaired) electrons. The Hall–Kier alpha value is -0.120. The summed E-state index contributed by atoms with van der Waals surface area (Å²) >= 11 is 0. The van der Waals surface area contributed by atoms with Gasteiger partial charge in [0, 0.05) is 25.7 Å². The van der Waals surface area contributed by atoms with Gasteiger partial charge >= 0.3 is 0 Å². The van der Waals surface area contributed by atoms with Gasteiger partial charge in [0.25, 0.3) is 0 Å². The summed E-state index contributed by atoms with van der Waals surface area (Å²) in [5.74, 6) is 0.910. The maximum atomic E-state index is 5.51. The van der Waals surface area contributed by atoms with E-state index in [-0.39, 0.29) is 35.1 Å². The van der Waals surface area contributed by atoms with Gasteiger partial charge in [-0.1, -0.05) is 6.42 Å². The Balaban J connectivity index is 0.00000364. The normalized spacial score (nSPS) is 22.2. The van der Waals surface area contributed by atoms with Gasteiger partial charge in [-0.25, -0.2) is 0 Å². The van der Waals surface area contributed by atoms with Gasteiger partial charge in [0.05, 0.1) is 12.1 Å². The number of likely N-dealkylation sites (tertiary alicyclic amines) is 2. The monoisotopic (exact) mass is 495 g/mol. The van der Waals surface area contributed by atoms with Crippen molar-refractivity contribution in [3.8, 4) is 0 Å². The molecule has 0 saturated carbocycles. The van der Waals surface area contributed by atoms with Crippen LogP contribution in [0, 0.1) is 0 Å². The van der Waals surface area contributed by atoms with Crippen LogP contribution in [0.4, 0.5) is 0 Å². The van der Waals surface area contributed by atoms with E-state index >= 15 is 0 Å². The molecule has 2 rings (SSSR count). The maximum absolute atomic E-state index is 5.51. The van der Waals surface area contributed by atoms with E-state index in [0.29, 0.717) is 6.54 Å². The number of piperidine rings is 2. The highest BCUT2D eigenvalue weighted by molar-refractivity contribution is 14.0. The van der Waals surface area contributed by atoms with Crippen molar-refractivity contribution < 1.29 is 4.74 Å². The van der Waals surface area contributed by atoms with Crippen LogP contribution >= 0.6 is 24.0 Å². The highest BCUT2D eigenvalue weighted by atomic mass is 127. The molecule has 7 heteroatoms. The second-order valence-corrected chi connectivity index (χ2v) is 8.59. The standard InChI is InChI=1S/C20H41N5O.HI/c1-6-21-18(22-16-19(2,3)26-5)23-17-20(10-14-24(4)15-11-20)25-12-8-7-9-13-25;/h6-17H2,1-5H3,(H2,21,22,23);1H. The molecule has 2 N–H and O–H groups in total. The summed E-state index contributed by atoms with van der Waals surface area (Å²) < 4.78 is 5.51. The molecule has 0 aromatic heterocycles. The lowest BCUT2D eigenvalue weighted by atomic mass is 9.84. The summed E-state index contributed by atoms with van der Waals surface area (Å²) in [6, 6.07) is 0. The first-order valence-electron chi connectivity index (χ1n) is 10.4. The van der Waals surface area contributed by atoms with Crippen LogP contribution in [-0.2, 0) is 4.74 Å². The molecule has 27 heavy (non-hydrogen) atoms. The Labute approximate surface area is 183 Å². The molecule has 0 aliphatic carbocycles. The molecule has 0 spiro atoms. The van der Waals surface area contributed by atoms with Gasteiger partial charge in [-0.15, -0.1) is 24.0 Å². The lowest BCUT2D eigenvalue weighted by Gasteiger charge is -2.50. The lowest BCUT2D eigenvalue weighted by Crippen LogP contribution is -2.62. The van der Waals surface area contributed by atoms with Crippen LogP contribution in [0.15, 0.2) is 4.99 Å². The molecule has 0 amide bonds. The summed E-state index contributed by atoms with van der Waals surface area (Å²) in [5.41, 5.74) is 0.0281. The minimum atomic E-state index is -0.236. The second-order valence-electron chi connectivity index (χ2n) is 8.59.